The van der Waals surface area contributed by atoms with Gasteiger partial charge in [0.25, 0.3) is 0 Å². The van der Waals surface area contributed by atoms with Crippen LogP contribution in [0.1, 0.15) is 24.5 Å². The number of hydrogen-bond donors (Lipinski definition) is 0. The van der Waals surface area contributed by atoms with Crippen molar-refractivity contribution in [3.63, 3.8) is 0 Å². The summed E-state index contributed by atoms with van der Waals surface area (Å²) in [5.41, 5.74) is 3.22. The lowest BCUT2D eigenvalue weighted by molar-refractivity contribution is -0.136. The first kappa shape index (κ1) is 18.0. The third-order valence-electron chi connectivity index (χ3n) is 5.35. The van der Waals surface area contributed by atoms with Crippen molar-refractivity contribution < 1.29 is 9.53 Å². The first-order valence-electron chi connectivity index (χ1n) is 9.59. The molecule has 2 aromatic rings. The zero-order valence-electron chi connectivity index (χ0n) is 15.5. The van der Waals surface area contributed by atoms with E-state index in [1.54, 1.807) is 18.7 Å². The quantitative estimate of drug-likeness (QED) is 0.817. The lowest BCUT2D eigenvalue weighted by Gasteiger charge is -2.35. The topological polar surface area (TPSA) is 71.5 Å². The molecular weight excluding hydrogens is 342 g/mol. The van der Waals surface area contributed by atoms with Crippen LogP contribution in [0.25, 0.3) is 11.1 Å². The summed E-state index contributed by atoms with van der Waals surface area (Å²) in [6, 6.07) is 3.98. The van der Waals surface area contributed by atoms with Gasteiger partial charge in [0.15, 0.2) is 0 Å². The summed E-state index contributed by atoms with van der Waals surface area (Å²) in [5.74, 6) is 0.512. The van der Waals surface area contributed by atoms with Crippen LogP contribution in [-0.4, -0.2) is 76.6 Å². The maximum absolute atomic E-state index is 12.6. The Bertz CT molecular complexity index is 764. The van der Waals surface area contributed by atoms with E-state index in [0.29, 0.717) is 38.8 Å². The highest BCUT2D eigenvalue weighted by Gasteiger charge is 2.27. The van der Waals surface area contributed by atoms with Crippen molar-refractivity contribution in [1.29, 1.82) is 0 Å². The molecule has 2 aliphatic heterocycles. The standard InChI is InChI=1S/C20H25N5O2/c26-19(25-8-10-27-11-9-25)14-24-7-1-2-17(13-24)20-18(12-22-15-23-20)16-3-5-21-6-4-16/h3-6,12,15,17H,1-2,7-11,13-14H2. The van der Waals surface area contributed by atoms with Crippen LogP contribution in [-0.2, 0) is 9.53 Å². The Morgan fingerprint density at radius 3 is 2.78 bits per heavy atom. The fourth-order valence-corrected chi connectivity index (χ4v) is 3.94. The maximum atomic E-state index is 12.6. The molecule has 1 unspecified atom stereocenters. The Morgan fingerprint density at radius 1 is 1.15 bits per heavy atom. The molecule has 0 aromatic carbocycles. The predicted octanol–water partition coefficient (Wildman–Crippen LogP) is 1.58. The number of morpholine rings is 1. The molecule has 2 fully saturated rings. The van der Waals surface area contributed by atoms with Crippen LogP contribution in [0.5, 0.6) is 0 Å². The zero-order chi connectivity index (χ0) is 18.5. The molecule has 7 heteroatoms. The van der Waals surface area contributed by atoms with E-state index >= 15 is 0 Å². The molecule has 0 N–H and O–H groups in total. The molecule has 0 radical (unpaired) electrons. The Labute approximate surface area is 159 Å². The van der Waals surface area contributed by atoms with E-state index in [1.165, 1.54) is 0 Å². The molecular formula is C20H25N5O2. The molecule has 1 amide bonds. The second-order valence-electron chi connectivity index (χ2n) is 7.12. The van der Waals surface area contributed by atoms with Crippen molar-refractivity contribution in [2.75, 3.05) is 45.9 Å². The summed E-state index contributed by atoms with van der Waals surface area (Å²) in [4.78, 5) is 29.7. The van der Waals surface area contributed by atoms with Gasteiger partial charge in [0.05, 0.1) is 25.5 Å². The molecule has 0 spiro atoms. The van der Waals surface area contributed by atoms with Crippen molar-refractivity contribution in [2.45, 2.75) is 18.8 Å². The maximum Gasteiger partial charge on any atom is 0.236 e. The molecule has 2 aromatic heterocycles. The second kappa shape index (κ2) is 8.54. The highest BCUT2D eigenvalue weighted by Crippen LogP contribution is 2.32. The van der Waals surface area contributed by atoms with E-state index in [9.17, 15) is 4.79 Å². The SMILES string of the molecule is O=C(CN1CCCC(c2ncncc2-c2ccncc2)C1)N1CCOCC1. The minimum absolute atomic E-state index is 0.205. The summed E-state index contributed by atoms with van der Waals surface area (Å²) in [7, 11) is 0. The first-order chi connectivity index (χ1) is 13.3. The summed E-state index contributed by atoms with van der Waals surface area (Å²) in [5, 5.41) is 0. The van der Waals surface area contributed by atoms with E-state index in [2.05, 4.69) is 19.9 Å². The molecule has 1 atom stereocenters. The Hall–Kier alpha value is -2.38. The number of hydrogen-bond acceptors (Lipinski definition) is 6. The summed E-state index contributed by atoms with van der Waals surface area (Å²) in [6.45, 7) is 4.98. The minimum Gasteiger partial charge on any atom is -0.378 e. The van der Waals surface area contributed by atoms with E-state index in [4.69, 9.17) is 4.74 Å². The van der Waals surface area contributed by atoms with Crippen LogP contribution in [0.4, 0.5) is 0 Å². The molecule has 142 valence electrons. The lowest BCUT2D eigenvalue weighted by atomic mass is 9.90. The van der Waals surface area contributed by atoms with Gasteiger partial charge in [-0.25, -0.2) is 9.97 Å². The van der Waals surface area contributed by atoms with Gasteiger partial charge in [-0.05, 0) is 37.1 Å². The number of amides is 1. The number of ether oxygens (including phenoxy) is 1. The van der Waals surface area contributed by atoms with E-state index in [1.807, 2.05) is 23.2 Å². The van der Waals surface area contributed by atoms with Gasteiger partial charge in [-0.2, -0.15) is 0 Å². The van der Waals surface area contributed by atoms with Crippen LogP contribution in [0.3, 0.4) is 0 Å². The monoisotopic (exact) mass is 367 g/mol. The predicted molar refractivity (Wildman–Crippen MR) is 101 cm³/mol. The first-order valence-corrected chi connectivity index (χ1v) is 9.59. The molecule has 2 saturated heterocycles. The fourth-order valence-electron chi connectivity index (χ4n) is 3.94. The third kappa shape index (κ3) is 4.31. The summed E-state index contributed by atoms with van der Waals surface area (Å²) < 4.78 is 5.34. The van der Waals surface area contributed by atoms with Crippen LogP contribution in [0.2, 0.25) is 0 Å². The number of aromatic nitrogens is 3. The zero-order valence-corrected chi connectivity index (χ0v) is 15.5. The number of rotatable bonds is 4. The van der Waals surface area contributed by atoms with Crippen molar-refractivity contribution in [3.8, 4) is 11.1 Å². The van der Waals surface area contributed by atoms with Crippen LogP contribution >= 0.6 is 0 Å². The molecule has 27 heavy (non-hydrogen) atoms. The number of carbonyl (C=O) groups is 1. The van der Waals surface area contributed by atoms with Gasteiger partial charge in [-0.15, -0.1) is 0 Å². The van der Waals surface area contributed by atoms with Crippen molar-refractivity contribution >= 4 is 5.91 Å². The van der Waals surface area contributed by atoms with Gasteiger partial charge < -0.3 is 9.64 Å². The van der Waals surface area contributed by atoms with Crippen molar-refractivity contribution in [2.24, 2.45) is 0 Å². The summed E-state index contributed by atoms with van der Waals surface area (Å²) in [6.07, 6.45) is 9.24. The Balaban J connectivity index is 1.46. The number of pyridine rings is 1. The van der Waals surface area contributed by atoms with E-state index in [-0.39, 0.29) is 5.91 Å². The number of nitrogens with zero attached hydrogens (tertiary/aromatic N) is 5. The molecule has 4 heterocycles. The van der Waals surface area contributed by atoms with Gasteiger partial charge in [0.1, 0.15) is 6.33 Å². The normalized spacial score (nSPS) is 21.2. The van der Waals surface area contributed by atoms with Crippen LogP contribution < -0.4 is 0 Å². The van der Waals surface area contributed by atoms with Gasteiger partial charge >= 0.3 is 0 Å². The van der Waals surface area contributed by atoms with Gasteiger partial charge in [0.2, 0.25) is 5.91 Å². The van der Waals surface area contributed by atoms with Gasteiger partial charge in [0, 0.05) is 49.7 Å². The highest BCUT2D eigenvalue weighted by atomic mass is 16.5. The largest absolute Gasteiger partial charge is 0.378 e. The Morgan fingerprint density at radius 2 is 1.96 bits per heavy atom. The third-order valence-corrected chi connectivity index (χ3v) is 5.35. The summed E-state index contributed by atoms with van der Waals surface area (Å²) >= 11 is 0. The van der Waals surface area contributed by atoms with Gasteiger partial charge in [-0.1, -0.05) is 0 Å². The highest BCUT2D eigenvalue weighted by molar-refractivity contribution is 5.78. The molecule has 2 aliphatic rings. The average Bonchev–Trinajstić information content (AvgIpc) is 2.75. The number of likely N-dealkylation sites (tertiary alicyclic amines) is 1. The molecule has 0 aliphatic carbocycles. The van der Waals surface area contributed by atoms with Crippen LogP contribution in [0, 0.1) is 0 Å². The average molecular weight is 367 g/mol. The van der Waals surface area contributed by atoms with Crippen molar-refractivity contribution in [1.82, 2.24) is 24.8 Å². The van der Waals surface area contributed by atoms with Crippen molar-refractivity contribution in [3.05, 3.63) is 42.7 Å². The Kier molecular flexibility index (Phi) is 5.69. The fraction of sp³-hybridized carbons (Fsp3) is 0.500. The minimum atomic E-state index is 0.205. The van der Waals surface area contributed by atoms with Gasteiger partial charge in [-0.3, -0.25) is 14.7 Å². The van der Waals surface area contributed by atoms with Crippen LogP contribution in [0.15, 0.2) is 37.1 Å². The molecule has 0 bridgehead atoms. The lowest BCUT2D eigenvalue weighted by Crippen LogP contribution is -2.47. The number of piperidine rings is 1. The van der Waals surface area contributed by atoms with E-state index < -0.39 is 0 Å². The smallest absolute Gasteiger partial charge is 0.236 e. The molecule has 4 rings (SSSR count). The molecule has 0 saturated carbocycles. The second-order valence-corrected chi connectivity index (χ2v) is 7.12. The van der Waals surface area contributed by atoms with E-state index in [0.717, 1.165) is 42.8 Å². The molecule has 7 nitrogen and oxygen atoms in total. The number of carbonyl (C=O) groups excluding carboxylic acids is 1.